The number of hydrogen-bond acceptors (Lipinski definition) is 4. The summed E-state index contributed by atoms with van der Waals surface area (Å²) in [5.41, 5.74) is 0. The number of alkyl halides is 3. The maximum absolute atomic E-state index is 10.6. The van der Waals surface area contributed by atoms with Gasteiger partial charge in [-0.05, 0) is 12.8 Å². The second kappa shape index (κ2) is 9.44. The van der Waals surface area contributed by atoms with Crippen LogP contribution >= 0.6 is 0 Å². The van der Waals surface area contributed by atoms with E-state index >= 15 is 0 Å². The van der Waals surface area contributed by atoms with Gasteiger partial charge in [0.05, 0.1) is 6.54 Å². The molecule has 0 spiro atoms. The molecule has 0 bridgehead atoms. The molecule has 0 saturated carbocycles. The van der Waals surface area contributed by atoms with E-state index in [1.54, 1.807) is 0 Å². The summed E-state index contributed by atoms with van der Waals surface area (Å²) in [5, 5.41) is 10.5. The van der Waals surface area contributed by atoms with E-state index in [1.165, 1.54) is 19.3 Å². The molecule has 0 aromatic rings. The van der Waals surface area contributed by atoms with Crippen molar-refractivity contribution >= 4 is 11.9 Å². The van der Waals surface area contributed by atoms with Crippen LogP contribution in [0.5, 0.6) is 0 Å². The predicted molar refractivity (Wildman–Crippen MR) is 70.8 cm³/mol. The fourth-order valence-electron chi connectivity index (χ4n) is 1.54. The molecule has 1 rings (SSSR count). The number of carboxylic acid groups (broad SMARTS) is 1. The van der Waals surface area contributed by atoms with E-state index in [4.69, 9.17) is 9.90 Å². The van der Waals surface area contributed by atoms with Crippen LogP contribution in [0.15, 0.2) is 4.99 Å². The quantitative estimate of drug-likeness (QED) is 0.815. The minimum Gasteiger partial charge on any atom is -0.475 e. The first-order valence-electron chi connectivity index (χ1n) is 6.66. The Hall–Kier alpha value is -1.47. The molecule has 8 heteroatoms. The van der Waals surface area contributed by atoms with Gasteiger partial charge in [-0.3, -0.25) is 4.99 Å². The summed E-state index contributed by atoms with van der Waals surface area (Å²) in [5.74, 6) is -1.64. The van der Waals surface area contributed by atoms with Gasteiger partial charge in [-0.1, -0.05) is 20.3 Å². The Morgan fingerprint density at radius 2 is 1.95 bits per heavy atom. The molecule has 0 aromatic heterocycles. The Morgan fingerprint density at radius 3 is 2.30 bits per heavy atom. The van der Waals surface area contributed by atoms with Gasteiger partial charge in [0.15, 0.2) is 5.96 Å². The number of halogens is 3. The Labute approximate surface area is 116 Å². The van der Waals surface area contributed by atoms with E-state index in [0.717, 1.165) is 32.1 Å². The van der Waals surface area contributed by atoms with E-state index in [2.05, 4.69) is 29.1 Å². The Bertz CT molecular complexity index is 320. The van der Waals surface area contributed by atoms with Crippen molar-refractivity contribution in [3.05, 3.63) is 0 Å². The minimum atomic E-state index is -5.08. The fraction of sp³-hybridized carbons (Fsp3) is 0.833. The average molecular weight is 297 g/mol. The highest BCUT2D eigenvalue weighted by atomic mass is 19.4. The second-order valence-electron chi connectivity index (χ2n) is 4.28. The van der Waals surface area contributed by atoms with Crippen molar-refractivity contribution in [3.8, 4) is 0 Å². The molecular weight excluding hydrogens is 275 g/mol. The molecule has 0 unspecified atom stereocenters. The summed E-state index contributed by atoms with van der Waals surface area (Å²) in [4.78, 5) is 15.7. The number of aliphatic imine (C=N–C) groups is 1. The molecular formula is C12H22F3N3O2. The number of carboxylic acids is 1. The third-order valence-corrected chi connectivity index (χ3v) is 2.47. The first kappa shape index (κ1) is 18.5. The molecule has 0 aliphatic carbocycles. The largest absolute Gasteiger partial charge is 0.490 e. The molecule has 1 aliphatic heterocycles. The number of hydrogen-bond donors (Lipinski definition) is 2. The summed E-state index contributed by atoms with van der Waals surface area (Å²) >= 11 is 0. The van der Waals surface area contributed by atoms with Crippen molar-refractivity contribution in [1.82, 2.24) is 10.2 Å². The summed E-state index contributed by atoms with van der Waals surface area (Å²) in [7, 11) is 0. The van der Waals surface area contributed by atoms with Crippen molar-refractivity contribution in [2.45, 2.75) is 39.3 Å². The Kier molecular flexibility index (Phi) is 8.74. The lowest BCUT2D eigenvalue weighted by atomic mass is 10.3. The molecule has 5 nitrogen and oxygen atoms in total. The number of carbonyl (C=O) groups is 1. The van der Waals surface area contributed by atoms with Crippen LogP contribution in [0.25, 0.3) is 0 Å². The van der Waals surface area contributed by atoms with Crippen LogP contribution in [0, 0.1) is 0 Å². The maximum atomic E-state index is 10.6. The van der Waals surface area contributed by atoms with Crippen molar-refractivity contribution < 1.29 is 23.1 Å². The summed E-state index contributed by atoms with van der Waals surface area (Å²) in [6.07, 6.45) is -1.36. The standard InChI is InChI=1S/C10H21N3.C2HF3O2/c1-3-5-9-13(8-4-2)10-11-6-7-12-10;3-2(4,5)1(6)7/h3-9H2,1-2H3,(H,11,12);(H,6,7). The predicted octanol–water partition coefficient (Wildman–Crippen LogP) is 2.09. The number of nitrogens with one attached hydrogen (secondary N) is 1. The van der Waals surface area contributed by atoms with Gasteiger partial charge in [0.2, 0.25) is 0 Å². The lowest BCUT2D eigenvalue weighted by molar-refractivity contribution is -0.192. The molecule has 2 N–H and O–H groups in total. The fourth-order valence-corrected chi connectivity index (χ4v) is 1.54. The zero-order chi connectivity index (χ0) is 15.6. The first-order valence-corrected chi connectivity index (χ1v) is 6.66. The van der Waals surface area contributed by atoms with Crippen molar-refractivity contribution in [2.75, 3.05) is 26.2 Å². The number of guanidine groups is 1. The van der Waals surface area contributed by atoms with Gasteiger partial charge < -0.3 is 15.3 Å². The third kappa shape index (κ3) is 7.85. The normalized spacial score (nSPS) is 13.9. The summed E-state index contributed by atoms with van der Waals surface area (Å²) in [6, 6.07) is 0. The van der Waals surface area contributed by atoms with Crippen LogP contribution in [-0.2, 0) is 4.79 Å². The van der Waals surface area contributed by atoms with Gasteiger partial charge in [-0.15, -0.1) is 0 Å². The van der Waals surface area contributed by atoms with Gasteiger partial charge in [0.1, 0.15) is 0 Å². The number of rotatable bonds is 5. The highest BCUT2D eigenvalue weighted by molar-refractivity contribution is 5.81. The third-order valence-electron chi connectivity index (χ3n) is 2.47. The first-order chi connectivity index (χ1) is 9.32. The second-order valence-corrected chi connectivity index (χ2v) is 4.28. The SMILES string of the molecule is CCCCN(CCC)C1=NCCN1.O=C(O)C(F)(F)F. The molecule has 0 fully saturated rings. The molecule has 0 saturated heterocycles. The van der Waals surface area contributed by atoms with Crippen LogP contribution in [0.4, 0.5) is 13.2 Å². The van der Waals surface area contributed by atoms with E-state index < -0.39 is 12.1 Å². The van der Waals surface area contributed by atoms with Gasteiger partial charge in [0, 0.05) is 19.6 Å². The molecule has 1 heterocycles. The number of aliphatic carboxylic acids is 1. The Morgan fingerprint density at radius 1 is 1.35 bits per heavy atom. The lowest BCUT2D eigenvalue weighted by Crippen LogP contribution is -2.39. The van der Waals surface area contributed by atoms with E-state index in [0.29, 0.717) is 0 Å². The van der Waals surface area contributed by atoms with Crippen LogP contribution in [-0.4, -0.2) is 54.3 Å². The zero-order valence-corrected chi connectivity index (χ0v) is 11.8. The molecule has 0 atom stereocenters. The van der Waals surface area contributed by atoms with Gasteiger partial charge in [-0.2, -0.15) is 13.2 Å². The van der Waals surface area contributed by atoms with E-state index in [1.807, 2.05) is 0 Å². The zero-order valence-electron chi connectivity index (χ0n) is 11.8. The monoisotopic (exact) mass is 297 g/mol. The molecule has 1 aliphatic rings. The molecule has 20 heavy (non-hydrogen) atoms. The number of unbranched alkanes of at least 4 members (excludes halogenated alkanes) is 1. The van der Waals surface area contributed by atoms with Crippen molar-refractivity contribution in [1.29, 1.82) is 0 Å². The van der Waals surface area contributed by atoms with Crippen LogP contribution in [0.3, 0.4) is 0 Å². The van der Waals surface area contributed by atoms with Crippen LogP contribution in [0.1, 0.15) is 33.1 Å². The van der Waals surface area contributed by atoms with Crippen molar-refractivity contribution in [2.24, 2.45) is 4.99 Å². The summed E-state index contributed by atoms with van der Waals surface area (Å²) < 4.78 is 31.7. The van der Waals surface area contributed by atoms with Gasteiger partial charge in [0.25, 0.3) is 0 Å². The highest BCUT2D eigenvalue weighted by Gasteiger charge is 2.38. The lowest BCUT2D eigenvalue weighted by Gasteiger charge is -2.23. The summed E-state index contributed by atoms with van der Waals surface area (Å²) in [6.45, 7) is 8.69. The molecule has 0 aromatic carbocycles. The topological polar surface area (TPSA) is 64.9 Å². The van der Waals surface area contributed by atoms with Crippen LogP contribution < -0.4 is 5.32 Å². The van der Waals surface area contributed by atoms with E-state index in [9.17, 15) is 13.2 Å². The van der Waals surface area contributed by atoms with Crippen LogP contribution in [0.2, 0.25) is 0 Å². The molecule has 0 amide bonds. The number of nitrogens with zero attached hydrogens (tertiary/aromatic N) is 2. The smallest absolute Gasteiger partial charge is 0.475 e. The minimum absolute atomic E-state index is 0.946. The van der Waals surface area contributed by atoms with Gasteiger partial charge in [-0.25, -0.2) is 4.79 Å². The average Bonchev–Trinajstić information content (AvgIpc) is 2.87. The van der Waals surface area contributed by atoms with Crippen molar-refractivity contribution in [3.63, 3.8) is 0 Å². The molecule has 118 valence electrons. The maximum Gasteiger partial charge on any atom is 0.490 e. The van der Waals surface area contributed by atoms with Gasteiger partial charge >= 0.3 is 12.1 Å². The Balaban J connectivity index is 0.000000441. The van der Waals surface area contributed by atoms with E-state index in [-0.39, 0.29) is 0 Å². The molecule has 0 radical (unpaired) electrons. The highest BCUT2D eigenvalue weighted by Crippen LogP contribution is 2.13.